The van der Waals surface area contributed by atoms with E-state index in [-0.39, 0.29) is 11.9 Å². The monoisotopic (exact) mass is 298 g/mol. The fraction of sp³-hybridized carbons (Fsp3) is 0.333. The molecule has 0 radical (unpaired) electrons. The van der Waals surface area contributed by atoms with E-state index < -0.39 is 0 Å². The van der Waals surface area contributed by atoms with Crippen molar-refractivity contribution in [2.24, 2.45) is 23.0 Å². The van der Waals surface area contributed by atoms with E-state index in [2.05, 4.69) is 15.3 Å². The van der Waals surface area contributed by atoms with Crippen molar-refractivity contribution in [3.05, 3.63) is 35.5 Å². The lowest BCUT2D eigenvalue weighted by atomic mass is 9.94. The van der Waals surface area contributed by atoms with Crippen LogP contribution in [0.4, 0.5) is 5.82 Å². The first-order valence-electron chi connectivity index (χ1n) is 7.01. The van der Waals surface area contributed by atoms with Gasteiger partial charge in [0.25, 0.3) is 5.91 Å². The molecule has 1 amide bonds. The topological polar surface area (TPSA) is 88.9 Å². The number of azo groups is 1. The van der Waals surface area contributed by atoms with E-state index in [9.17, 15) is 4.79 Å². The first-order valence-corrected chi connectivity index (χ1v) is 7.01. The van der Waals surface area contributed by atoms with Gasteiger partial charge in [0.1, 0.15) is 11.9 Å². The molecule has 7 nitrogen and oxygen atoms in total. The number of amides is 1. The molecule has 2 aromatic rings. The van der Waals surface area contributed by atoms with Gasteiger partial charge in [0.05, 0.1) is 6.20 Å². The molecule has 0 saturated carbocycles. The minimum absolute atomic E-state index is 0.271. The number of aryl methyl sites for hydroxylation is 1. The molecular weight excluding hydrogens is 280 g/mol. The summed E-state index contributed by atoms with van der Waals surface area (Å²) < 4.78 is 1.82. The SMILES string of the molecule is CN(C)c1c(-c2ccc3c(c2)C(CN)N=NC3=O)cnn1C. The molecule has 1 aromatic carbocycles. The fourth-order valence-electron chi connectivity index (χ4n) is 2.78. The van der Waals surface area contributed by atoms with Crippen molar-refractivity contribution < 1.29 is 4.79 Å². The molecule has 2 N–H and O–H groups in total. The summed E-state index contributed by atoms with van der Waals surface area (Å²) in [4.78, 5) is 13.9. The van der Waals surface area contributed by atoms with Gasteiger partial charge in [0.15, 0.2) is 0 Å². The lowest BCUT2D eigenvalue weighted by Gasteiger charge is -2.19. The first-order chi connectivity index (χ1) is 10.5. The van der Waals surface area contributed by atoms with Crippen molar-refractivity contribution >= 4 is 11.7 Å². The van der Waals surface area contributed by atoms with Crippen LogP contribution in [0.2, 0.25) is 0 Å². The lowest BCUT2D eigenvalue weighted by Crippen LogP contribution is -2.17. The van der Waals surface area contributed by atoms with Crippen LogP contribution >= 0.6 is 0 Å². The van der Waals surface area contributed by atoms with Crippen LogP contribution in [0.1, 0.15) is 22.0 Å². The number of nitrogens with two attached hydrogens (primary N) is 1. The van der Waals surface area contributed by atoms with Gasteiger partial charge in [-0.25, -0.2) is 0 Å². The number of hydrogen-bond acceptors (Lipinski definition) is 5. The van der Waals surface area contributed by atoms with Crippen LogP contribution < -0.4 is 10.6 Å². The smallest absolute Gasteiger partial charge is 0.295 e. The highest BCUT2D eigenvalue weighted by Crippen LogP contribution is 2.34. The highest BCUT2D eigenvalue weighted by molar-refractivity contribution is 5.97. The fourth-order valence-corrected chi connectivity index (χ4v) is 2.78. The quantitative estimate of drug-likeness (QED) is 0.935. The van der Waals surface area contributed by atoms with E-state index in [1.807, 2.05) is 49.1 Å². The molecule has 22 heavy (non-hydrogen) atoms. The van der Waals surface area contributed by atoms with Crippen molar-refractivity contribution in [2.45, 2.75) is 6.04 Å². The normalized spacial score (nSPS) is 16.7. The Hall–Kier alpha value is -2.54. The van der Waals surface area contributed by atoms with Crippen molar-refractivity contribution in [1.82, 2.24) is 9.78 Å². The molecule has 1 aromatic heterocycles. The number of anilines is 1. The van der Waals surface area contributed by atoms with Gasteiger partial charge in [-0.15, -0.1) is 5.11 Å². The average Bonchev–Trinajstić information content (AvgIpc) is 2.89. The molecule has 0 spiro atoms. The molecular formula is C15H18N6O. The van der Waals surface area contributed by atoms with Gasteiger partial charge in [0, 0.05) is 38.8 Å². The second-order valence-corrected chi connectivity index (χ2v) is 5.47. The highest BCUT2D eigenvalue weighted by atomic mass is 16.1. The van der Waals surface area contributed by atoms with E-state index in [0.717, 1.165) is 22.5 Å². The minimum atomic E-state index is -0.315. The van der Waals surface area contributed by atoms with Crippen LogP contribution in [0.5, 0.6) is 0 Å². The summed E-state index contributed by atoms with van der Waals surface area (Å²) in [6, 6.07) is 5.40. The molecule has 1 aliphatic rings. The molecule has 7 heteroatoms. The van der Waals surface area contributed by atoms with Crippen LogP contribution in [0.15, 0.2) is 34.6 Å². The Balaban J connectivity index is 2.14. The third-order valence-electron chi connectivity index (χ3n) is 3.79. The lowest BCUT2D eigenvalue weighted by molar-refractivity contribution is 0.0985. The molecule has 0 aliphatic carbocycles. The van der Waals surface area contributed by atoms with Gasteiger partial charge in [0.2, 0.25) is 0 Å². The van der Waals surface area contributed by atoms with E-state index in [1.165, 1.54) is 0 Å². The maximum absolute atomic E-state index is 11.8. The first kappa shape index (κ1) is 14.4. The molecule has 0 bridgehead atoms. The van der Waals surface area contributed by atoms with Gasteiger partial charge < -0.3 is 10.6 Å². The number of nitrogens with zero attached hydrogens (tertiary/aromatic N) is 5. The minimum Gasteiger partial charge on any atom is -0.362 e. The van der Waals surface area contributed by atoms with Gasteiger partial charge >= 0.3 is 0 Å². The average molecular weight is 298 g/mol. The number of carbonyl (C=O) groups is 1. The number of benzene rings is 1. The molecule has 1 unspecified atom stereocenters. The predicted octanol–water partition coefficient (Wildman–Crippen LogP) is 1.76. The number of aromatic nitrogens is 2. The highest BCUT2D eigenvalue weighted by Gasteiger charge is 2.24. The van der Waals surface area contributed by atoms with Crippen molar-refractivity contribution in [3.63, 3.8) is 0 Å². The largest absolute Gasteiger partial charge is 0.362 e. The van der Waals surface area contributed by atoms with Gasteiger partial charge in [-0.3, -0.25) is 9.48 Å². The van der Waals surface area contributed by atoms with Crippen molar-refractivity contribution in [2.75, 3.05) is 25.5 Å². The summed E-state index contributed by atoms with van der Waals surface area (Å²) in [7, 11) is 5.84. The van der Waals surface area contributed by atoms with Crippen LogP contribution in [0.25, 0.3) is 11.1 Å². The van der Waals surface area contributed by atoms with Gasteiger partial charge in [-0.1, -0.05) is 6.07 Å². The van der Waals surface area contributed by atoms with Gasteiger partial charge in [-0.05, 0) is 23.3 Å². The summed E-state index contributed by atoms with van der Waals surface area (Å²) in [6.45, 7) is 0.320. The Morgan fingerprint density at radius 2 is 2.09 bits per heavy atom. The molecule has 2 heterocycles. The number of fused-ring (bicyclic) bond motifs is 1. The Bertz CT molecular complexity index is 761. The van der Waals surface area contributed by atoms with Crippen LogP contribution in [0.3, 0.4) is 0 Å². The summed E-state index contributed by atoms with van der Waals surface area (Å²) in [5, 5.41) is 12.0. The summed E-state index contributed by atoms with van der Waals surface area (Å²) in [5.74, 6) is 0.679. The summed E-state index contributed by atoms with van der Waals surface area (Å²) >= 11 is 0. The zero-order valence-electron chi connectivity index (χ0n) is 12.8. The Kier molecular flexibility index (Phi) is 3.50. The van der Waals surface area contributed by atoms with Gasteiger partial charge in [-0.2, -0.15) is 10.2 Å². The third-order valence-corrected chi connectivity index (χ3v) is 3.79. The molecule has 0 fully saturated rings. The Morgan fingerprint density at radius 3 is 2.77 bits per heavy atom. The molecule has 114 valence electrons. The number of rotatable bonds is 3. The molecule has 3 rings (SSSR count). The second kappa shape index (κ2) is 5.34. The molecule has 0 saturated heterocycles. The zero-order chi connectivity index (χ0) is 15.9. The van der Waals surface area contributed by atoms with E-state index >= 15 is 0 Å². The Morgan fingerprint density at radius 1 is 1.32 bits per heavy atom. The number of hydrogen-bond donors (Lipinski definition) is 1. The summed E-state index contributed by atoms with van der Waals surface area (Å²) in [5.41, 5.74) is 9.13. The van der Waals surface area contributed by atoms with Crippen molar-refractivity contribution in [1.29, 1.82) is 0 Å². The maximum atomic E-state index is 11.8. The van der Waals surface area contributed by atoms with E-state index in [1.54, 1.807) is 6.07 Å². The van der Waals surface area contributed by atoms with E-state index in [4.69, 9.17) is 5.73 Å². The summed E-state index contributed by atoms with van der Waals surface area (Å²) in [6.07, 6.45) is 1.82. The van der Waals surface area contributed by atoms with Crippen LogP contribution in [0, 0.1) is 0 Å². The molecule has 1 atom stereocenters. The maximum Gasteiger partial charge on any atom is 0.295 e. The zero-order valence-corrected chi connectivity index (χ0v) is 12.8. The van der Waals surface area contributed by atoms with Crippen LogP contribution in [-0.4, -0.2) is 36.3 Å². The Labute approximate surface area is 128 Å². The number of carbonyl (C=O) groups excluding carboxylic acids is 1. The second-order valence-electron chi connectivity index (χ2n) is 5.47. The molecule has 1 aliphatic heterocycles. The van der Waals surface area contributed by atoms with Crippen molar-refractivity contribution in [3.8, 4) is 11.1 Å². The third kappa shape index (κ3) is 2.19. The van der Waals surface area contributed by atoms with E-state index in [0.29, 0.717) is 12.1 Å². The standard InChI is InChI=1S/C15H18N6O/c1-20(2)15-12(8-17-21(15)3)9-4-5-10-11(6-9)13(7-16)18-19-14(10)22/h4-6,8,13H,7,16H2,1-3H3. The van der Waals surface area contributed by atoms with Crippen LogP contribution in [-0.2, 0) is 7.05 Å². The predicted molar refractivity (Wildman–Crippen MR) is 84.0 cm³/mol.